The Morgan fingerprint density at radius 1 is 0.846 bits per heavy atom. The van der Waals surface area contributed by atoms with E-state index in [4.69, 9.17) is 9.47 Å². The van der Waals surface area contributed by atoms with Crippen LogP contribution in [0.3, 0.4) is 0 Å². The minimum Gasteiger partial charge on any atom is -0.344 e. The van der Waals surface area contributed by atoms with E-state index in [1.807, 2.05) is 0 Å². The molecular weight excluding hydrogens is 164 g/mol. The Hall–Kier alpha value is -0.0800. The molecule has 2 heteroatoms. The number of hydrogen-bond donors (Lipinski definition) is 0. The fourth-order valence-electron chi connectivity index (χ4n) is 2.56. The Bertz CT molecular complexity index is 157. The molecule has 2 rings (SSSR count). The molecule has 1 aliphatic heterocycles. The molecule has 1 heterocycles. The molecule has 0 aromatic rings. The largest absolute Gasteiger partial charge is 0.344 e. The summed E-state index contributed by atoms with van der Waals surface area (Å²) in [5.74, 6) is 1.24. The van der Waals surface area contributed by atoms with Gasteiger partial charge >= 0.3 is 0 Å². The van der Waals surface area contributed by atoms with Crippen LogP contribution in [0.4, 0.5) is 0 Å². The molecule has 1 aliphatic carbocycles. The molecule has 2 fully saturated rings. The third-order valence-electron chi connectivity index (χ3n) is 3.70. The first-order valence-corrected chi connectivity index (χ1v) is 5.38. The van der Waals surface area contributed by atoms with E-state index < -0.39 is 0 Å². The summed E-state index contributed by atoms with van der Waals surface area (Å²) in [5, 5.41) is 0. The quantitative estimate of drug-likeness (QED) is 0.576. The van der Waals surface area contributed by atoms with E-state index in [1.54, 1.807) is 0 Å². The van der Waals surface area contributed by atoms with Gasteiger partial charge < -0.3 is 9.47 Å². The minimum absolute atomic E-state index is 0.225. The van der Waals surface area contributed by atoms with Gasteiger partial charge in [0.1, 0.15) is 0 Å². The molecule has 0 amide bonds. The van der Waals surface area contributed by atoms with E-state index in [0.717, 1.165) is 24.7 Å². The highest BCUT2D eigenvalue weighted by Crippen LogP contribution is 2.46. The molecule has 0 unspecified atom stereocenters. The van der Waals surface area contributed by atoms with Gasteiger partial charge in [0.05, 0.1) is 12.2 Å². The van der Waals surface area contributed by atoms with Crippen molar-refractivity contribution in [3.63, 3.8) is 0 Å². The fourth-order valence-corrected chi connectivity index (χ4v) is 2.56. The van der Waals surface area contributed by atoms with Crippen molar-refractivity contribution in [2.75, 3.05) is 0 Å². The van der Waals surface area contributed by atoms with Gasteiger partial charge in [-0.2, -0.15) is 0 Å². The summed E-state index contributed by atoms with van der Waals surface area (Å²) in [4.78, 5) is 0. The van der Waals surface area contributed by atoms with Crippen molar-refractivity contribution < 1.29 is 9.47 Å². The Labute approximate surface area is 80.6 Å². The highest BCUT2D eigenvalue weighted by molar-refractivity contribution is 4.91. The van der Waals surface area contributed by atoms with Crippen molar-refractivity contribution in [1.29, 1.82) is 0 Å². The lowest BCUT2D eigenvalue weighted by atomic mass is 10.0. The molecule has 4 atom stereocenters. The van der Waals surface area contributed by atoms with E-state index in [1.165, 1.54) is 0 Å². The Balaban J connectivity index is 2.08. The molecule has 1 saturated heterocycles. The molecule has 2 nitrogen and oxygen atoms in total. The first-order chi connectivity index (χ1) is 6.02. The lowest BCUT2D eigenvalue weighted by Gasteiger charge is -2.22. The van der Waals surface area contributed by atoms with Crippen LogP contribution < -0.4 is 0 Å². The van der Waals surface area contributed by atoms with Crippen LogP contribution in [0.1, 0.15) is 40.5 Å². The summed E-state index contributed by atoms with van der Waals surface area (Å²) in [6, 6.07) is 0. The Kier molecular flexibility index (Phi) is 2.16. The molecular formula is C11H20O2. The normalized spacial score (nSPS) is 48.9. The fraction of sp³-hybridized carbons (Fsp3) is 1.00. The van der Waals surface area contributed by atoms with Crippen LogP contribution in [0, 0.1) is 11.8 Å². The maximum atomic E-state index is 5.94. The maximum absolute atomic E-state index is 5.94. The zero-order valence-electron chi connectivity index (χ0n) is 9.04. The van der Waals surface area contributed by atoms with Crippen molar-refractivity contribution in [2.24, 2.45) is 11.8 Å². The van der Waals surface area contributed by atoms with E-state index in [9.17, 15) is 0 Å². The van der Waals surface area contributed by atoms with Gasteiger partial charge in [0, 0.05) is 12.8 Å². The average molecular weight is 184 g/mol. The average Bonchev–Trinajstić information content (AvgIpc) is 2.39. The number of ether oxygens (including phenoxy) is 2. The highest BCUT2D eigenvalue weighted by Gasteiger charge is 2.50. The standard InChI is InChI=1S/C11H20O2/c1-7-5-11(6-8(7)2)12-9(3)10(4)13-11/h7-10H,5-6H2,1-4H3/t7-,8-,9+,10+/m0/s1. The molecule has 0 bridgehead atoms. The van der Waals surface area contributed by atoms with E-state index >= 15 is 0 Å². The van der Waals surface area contributed by atoms with Crippen LogP contribution in [0.15, 0.2) is 0 Å². The van der Waals surface area contributed by atoms with Crippen molar-refractivity contribution >= 4 is 0 Å². The predicted molar refractivity (Wildman–Crippen MR) is 51.4 cm³/mol. The second kappa shape index (κ2) is 2.96. The molecule has 0 aromatic heterocycles. The van der Waals surface area contributed by atoms with Crippen molar-refractivity contribution in [1.82, 2.24) is 0 Å². The van der Waals surface area contributed by atoms with E-state index in [0.29, 0.717) is 0 Å². The zero-order valence-corrected chi connectivity index (χ0v) is 9.04. The van der Waals surface area contributed by atoms with Gasteiger partial charge in [-0.05, 0) is 25.7 Å². The molecule has 2 aliphatic rings. The smallest absolute Gasteiger partial charge is 0.169 e. The van der Waals surface area contributed by atoms with Gasteiger partial charge in [0.15, 0.2) is 5.79 Å². The van der Waals surface area contributed by atoms with Gasteiger partial charge in [0.2, 0.25) is 0 Å². The van der Waals surface area contributed by atoms with Crippen LogP contribution in [0.5, 0.6) is 0 Å². The van der Waals surface area contributed by atoms with E-state index in [2.05, 4.69) is 27.7 Å². The zero-order chi connectivity index (χ0) is 9.64. The lowest BCUT2D eigenvalue weighted by molar-refractivity contribution is -0.170. The topological polar surface area (TPSA) is 18.5 Å². The highest BCUT2D eigenvalue weighted by atomic mass is 16.8. The summed E-state index contributed by atoms with van der Waals surface area (Å²) in [6.07, 6.45) is 2.67. The number of rotatable bonds is 0. The predicted octanol–water partition coefficient (Wildman–Crippen LogP) is 2.57. The molecule has 0 radical (unpaired) electrons. The monoisotopic (exact) mass is 184 g/mol. The van der Waals surface area contributed by atoms with Gasteiger partial charge in [-0.3, -0.25) is 0 Å². The molecule has 0 aromatic carbocycles. The third-order valence-corrected chi connectivity index (χ3v) is 3.70. The van der Waals surface area contributed by atoms with Crippen LogP contribution >= 0.6 is 0 Å². The van der Waals surface area contributed by atoms with Crippen molar-refractivity contribution in [3.05, 3.63) is 0 Å². The maximum Gasteiger partial charge on any atom is 0.169 e. The van der Waals surface area contributed by atoms with Crippen LogP contribution in [-0.4, -0.2) is 18.0 Å². The second-order valence-electron chi connectivity index (χ2n) is 4.92. The molecule has 1 spiro atoms. The Morgan fingerprint density at radius 2 is 1.23 bits per heavy atom. The molecule has 1 saturated carbocycles. The molecule has 0 N–H and O–H groups in total. The summed E-state index contributed by atoms with van der Waals surface area (Å²) in [5.41, 5.74) is 0. The van der Waals surface area contributed by atoms with Gasteiger partial charge in [0.25, 0.3) is 0 Å². The first kappa shape index (κ1) is 9.47. The first-order valence-electron chi connectivity index (χ1n) is 5.38. The summed E-state index contributed by atoms with van der Waals surface area (Å²) in [7, 11) is 0. The Morgan fingerprint density at radius 3 is 1.62 bits per heavy atom. The lowest BCUT2D eigenvalue weighted by Crippen LogP contribution is -2.27. The van der Waals surface area contributed by atoms with Gasteiger partial charge in [-0.25, -0.2) is 0 Å². The molecule has 76 valence electrons. The van der Waals surface area contributed by atoms with Gasteiger partial charge in [-0.1, -0.05) is 13.8 Å². The van der Waals surface area contributed by atoms with Crippen molar-refractivity contribution in [3.8, 4) is 0 Å². The summed E-state index contributed by atoms with van der Waals surface area (Å²) in [6.45, 7) is 8.79. The number of hydrogen-bond acceptors (Lipinski definition) is 2. The van der Waals surface area contributed by atoms with Crippen LogP contribution in [-0.2, 0) is 9.47 Å². The second-order valence-corrected chi connectivity index (χ2v) is 4.92. The molecule has 13 heavy (non-hydrogen) atoms. The third kappa shape index (κ3) is 1.50. The van der Waals surface area contributed by atoms with E-state index in [-0.39, 0.29) is 18.0 Å². The van der Waals surface area contributed by atoms with Crippen LogP contribution in [0.25, 0.3) is 0 Å². The van der Waals surface area contributed by atoms with Crippen LogP contribution in [0.2, 0.25) is 0 Å². The van der Waals surface area contributed by atoms with Crippen molar-refractivity contribution in [2.45, 2.75) is 58.5 Å². The van der Waals surface area contributed by atoms with Gasteiger partial charge in [-0.15, -0.1) is 0 Å². The summed E-state index contributed by atoms with van der Waals surface area (Å²) < 4.78 is 11.9. The minimum atomic E-state index is -0.225. The SMILES string of the molecule is C[C@H]1CC2(C[C@@H]1C)O[C@H](C)[C@@H](C)O2. The summed E-state index contributed by atoms with van der Waals surface area (Å²) >= 11 is 0.